The lowest BCUT2D eigenvalue weighted by Gasteiger charge is -2.08. The number of benzene rings is 3. The monoisotopic (exact) mass is 434 g/mol. The molecule has 0 aliphatic heterocycles. The first-order valence-electron chi connectivity index (χ1n) is 9.76. The summed E-state index contributed by atoms with van der Waals surface area (Å²) >= 11 is 0. The molecule has 31 heavy (non-hydrogen) atoms. The van der Waals surface area contributed by atoms with E-state index in [1.807, 2.05) is 36.4 Å². The van der Waals surface area contributed by atoms with Gasteiger partial charge in [-0.15, -0.1) is 0 Å². The highest BCUT2D eigenvalue weighted by atomic mass is 32.2. The summed E-state index contributed by atoms with van der Waals surface area (Å²) in [7, 11) is -2.12. The number of sulfone groups is 1. The molecule has 4 aromatic rings. The Morgan fingerprint density at radius 3 is 2.48 bits per heavy atom. The molecule has 0 spiro atoms. The van der Waals surface area contributed by atoms with Gasteiger partial charge in [-0.3, -0.25) is 4.79 Å². The molecule has 1 amide bonds. The van der Waals surface area contributed by atoms with Crippen LogP contribution in [0.4, 0.5) is 0 Å². The van der Waals surface area contributed by atoms with Crippen molar-refractivity contribution < 1.29 is 17.9 Å². The minimum absolute atomic E-state index is 0.00872. The topological polar surface area (TPSA) is 77.4 Å². The number of hydrogen-bond donors (Lipinski definition) is 1. The zero-order chi connectivity index (χ0) is 21.8. The van der Waals surface area contributed by atoms with Crippen LogP contribution in [0.1, 0.15) is 5.56 Å². The molecule has 3 aromatic carbocycles. The molecule has 1 aromatic heterocycles. The minimum atomic E-state index is -3.71. The summed E-state index contributed by atoms with van der Waals surface area (Å²) in [5.74, 6) is 0.506. The first kappa shape index (κ1) is 20.7. The molecule has 0 saturated heterocycles. The third kappa shape index (κ3) is 4.32. The van der Waals surface area contributed by atoms with Crippen molar-refractivity contribution in [1.82, 2.24) is 9.88 Å². The molecule has 0 bridgehead atoms. The maximum atomic E-state index is 13.2. The predicted molar refractivity (Wildman–Crippen MR) is 119 cm³/mol. The van der Waals surface area contributed by atoms with Crippen LogP contribution in [0, 0.1) is 0 Å². The number of carbonyl (C=O) groups excluding carboxylic acids is 1. The largest absolute Gasteiger partial charge is 0.497 e. The first-order valence-corrected chi connectivity index (χ1v) is 11.2. The van der Waals surface area contributed by atoms with E-state index in [4.69, 9.17) is 4.74 Å². The fraction of sp³-hybridized carbons (Fsp3) is 0.125. The van der Waals surface area contributed by atoms with E-state index in [1.54, 1.807) is 54.1 Å². The van der Waals surface area contributed by atoms with Crippen LogP contribution < -0.4 is 10.1 Å². The first-order chi connectivity index (χ1) is 15.0. The van der Waals surface area contributed by atoms with Gasteiger partial charge in [0.25, 0.3) is 0 Å². The van der Waals surface area contributed by atoms with E-state index in [2.05, 4.69) is 5.32 Å². The molecule has 0 atom stereocenters. The number of nitrogens with one attached hydrogen (secondary N) is 1. The van der Waals surface area contributed by atoms with Crippen molar-refractivity contribution in [3.8, 4) is 5.75 Å². The summed E-state index contributed by atoms with van der Waals surface area (Å²) in [5.41, 5.74) is 1.60. The second kappa shape index (κ2) is 8.65. The quantitative estimate of drug-likeness (QED) is 0.480. The summed E-state index contributed by atoms with van der Waals surface area (Å²) < 4.78 is 33.3. The van der Waals surface area contributed by atoms with Gasteiger partial charge < -0.3 is 14.6 Å². The molecule has 1 N–H and O–H groups in total. The van der Waals surface area contributed by atoms with Crippen LogP contribution in [0.15, 0.2) is 94.9 Å². The summed E-state index contributed by atoms with van der Waals surface area (Å²) in [5, 5.41) is 3.47. The summed E-state index contributed by atoms with van der Waals surface area (Å²) in [6.45, 7) is 0.360. The molecule has 0 fully saturated rings. The van der Waals surface area contributed by atoms with Gasteiger partial charge in [0.1, 0.15) is 12.3 Å². The van der Waals surface area contributed by atoms with Gasteiger partial charge in [0, 0.05) is 23.6 Å². The number of fused-ring (bicyclic) bond motifs is 1. The second-order valence-corrected chi connectivity index (χ2v) is 9.00. The van der Waals surface area contributed by atoms with Crippen LogP contribution in [0.2, 0.25) is 0 Å². The zero-order valence-electron chi connectivity index (χ0n) is 17.0. The molecular formula is C24H22N2O4S. The molecule has 1 heterocycles. The molecule has 6 nitrogen and oxygen atoms in total. The van der Waals surface area contributed by atoms with E-state index < -0.39 is 9.84 Å². The van der Waals surface area contributed by atoms with Crippen molar-refractivity contribution in [2.45, 2.75) is 22.9 Å². The molecule has 0 radical (unpaired) electrons. The van der Waals surface area contributed by atoms with Gasteiger partial charge >= 0.3 is 0 Å². The molecular weight excluding hydrogens is 412 g/mol. The molecule has 158 valence electrons. The Kier molecular flexibility index (Phi) is 5.77. The smallest absolute Gasteiger partial charge is 0.240 e. The lowest BCUT2D eigenvalue weighted by atomic mass is 10.2. The lowest BCUT2D eigenvalue weighted by molar-refractivity contribution is -0.121. The molecule has 0 unspecified atom stereocenters. The standard InChI is InChI=1S/C24H22N2O4S/c1-30-19-9-7-8-18(14-19)15-25-24(27)17-26-16-23(21-12-5-6-13-22(21)26)31(28,29)20-10-3-2-4-11-20/h2-14,16H,15,17H2,1H3,(H,25,27). The Hall–Kier alpha value is -3.58. The van der Waals surface area contributed by atoms with Gasteiger partial charge in [0.2, 0.25) is 15.7 Å². The minimum Gasteiger partial charge on any atom is -0.497 e. The average molecular weight is 435 g/mol. The number of amides is 1. The van der Waals surface area contributed by atoms with Crippen molar-refractivity contribution in [3.05, 3.63) is 90.6 Å². The van der Waals surface area contributed by atoms with Crippen LogP contribution >= 0.6 is 0 Å². The van der Waals surface area contributed by atoms with Gasteiger partial charge in [-0.25, -0.2) is 8.42 Å². The Morgan fingerprint density at radius 2 is 1.71 bits per heavy atom. The number of para-hydroxylation sites is 1. The molecule has 7 heteroatoms. The van der Waals surface area contributed by atoms with E-state index in [0.29, 0.717) is 17.4 Å². The number of hydrogen-bond acceptors (Lipinski definition) is 4. The number of carbonyl (C=O) groups is 1. The second-order valence-electron chi connectivity index (χ2n) is 7.08. The third-order valence-corrected chi connectivity index (χ3v) is 6.83. The molecule has 0 saturated carbocycles. The Balaban J connectivity index is 1.59. The highest BCUT2D eigenvalue weighted by Crippen LogP contribution is 2.30. The Morgan fingerprint density at radius 1 is 0.968 bits per heavy atom. The van der Waals surface area contributed by atoms with Crippen LogP contribution in [0.25, 0.3) is 10.9 Å². The SMILES string of the molecule is COc1cccc(CNC(=O)Cn2cc(S(=O)(=O)c3ccccc3)c3ccccc32)c1. The fourth-order valence-corrected chi connectivity index (χ4v) is 4.98. The summed E-state index contributed by atoms with van der Waals surface area (Å²) in [6, 6.07) is 23.0. The van der Waals surface area contributed by atoms with E-state index >= 15 is 0 Å². The van der Waals surface area contributed by atoms with Crippen molar-refractivity contribution in [2.75, 3.05) is 7.11 Å². The van der Waals surface area contributed by atoms with Crippen molar-refractivity contribution in [2.24, 2.45) is 0 Å². The van der Waals surface area contributed by atoms with Crippen LogP contribution in [-0.4, -0.2) is 26.0 Å². The van der Waals surface area contributed by atoms with E-state index in [0.717, 1.165) is 11.3 Å². The van der Waals surface area contributed by atoms with Crippen molar-refractivity contribution >= 4 is 26.6 Å². The highest BCUT2D eigenvalue weighted by molar-refractivity contribution is 7.91. The average Bonchev–Trinajstić information content (AvgIpc) is 3.17. The van der Waals surface area contributed by atoms with E-state index in [9.17, 15) is 13.2 Å². The number of rotatable bonds is 7. The maximum Gasteiger partial charge on any atom is 0.240 e. The van der Waals surface area contributed by atoms with Gasteiger partial charge in [-0.2, -0.15) is 0 Å². The Bertz CT molecular complexity index is 1330. The normalized spacial score (nSPS) is 11.4. The lowest BCUT2D eigenvalue weighted by Crippen LogP contribution is -2.26. The number of nitrogens with zero attached hydrogens (tertiary/aromatic N) is 1. The van der Waals surface area contributed by atoms with Crippen LogP contribution in [0.5, 0.6) is 5.75 Å². The fourth-order valence-electron chi connectivity index (χ4n) is 3.48. The summed E-state index contributed by atoms with van der Waals surface area (Å²) in [4.78, 5) is 13.0. The zero-order valence-corrected chi connectivity index (χ0v) is 17.8. The van der Waals surface area contributed by atoms with Gasteiger partial charge in [-0.05, 0) is 35.9 Å². The number of aromatic nitrogens is 1. The van der Waals surface area contributed by atoms with Crippen LogP contribution in [-0.2, 0) is 27.7 Å². The predicted octanol–water partition coefficient (Wildman–Crippen LogP) is 3.80. The van der Waals surface area contributed by atoms with Crippen molar-refractivity contribution in [3.63, 3.8) is 0 Å². The van der Waals surface area contributed by atoms with E-state index in [-0.39, 0.29) is 22.2 Å². The summed E-state index contributed by atoms with van der Waals surface area (Å²) in [6.07, 6.45) is 1.54. The maximum absolute atomic E-state index is 13.2. The van der Waals surface area contributed by atoms with Crippen molar-refractivity contribution in [1.29, 1.82) is 0 Å². The third-order valence-electron chi connectivity index (χ3n) is 5.03. The Labute approximate surface area is 181 Å². The molecule has 4 rings (SSSR count). The highest BCUT2D eigenvalue weighted by Gasteiger charge is 2.23. The molecule has 0 aliphatic rings. The van der Waals surface area contributed by atoms with E-state index in [1.165, 1.54) is 6.20 Å². The molecule has 0 aliphatic carbocycles. The van der Waals surface area contributed by atoms with Crippen LogP contribution in [0.3, 0.4) is 0 Å². The number of methoxy groups -OCH3 is 1. The van der Waals surface area contributed by atoms with Gasteiger partial charge in [0.05, 0.1) is 16.9 Å². The van der Waals surface area contributed by atoms with Gasteiger partial charge in [-0.1, -0.05) is 48.5 Å². The van der Waals surface area contributed by atoms with Gasteiger partial charge in [0.15, 0.2) is 0 Å². The number of ether oxygens (including phenoxy) is 1.